The van der Waals surface area contributed by atoms with Crippen molar-refractivity contribution in [3.63, 3.8) is 0 Å². The lowest BCUT2D eigenvalue weighted by molar-refractivity contribution is 0.629. The second-order valence-electron chi connectivity index (χ2n) is 2.88. The van der Waals surface area contributed by atoms with Crippen LogP contribution in [0.1, 0.15) is 11.4 Å². The number of hydrogen-bond donors (Lipinski definition) is 0. The van der Waals surface area contributed by atoms with E-state index in [1.807, 2.05) is 42.5 Å². The minimum absolute atomic E-state index is 0.622. The van der Waals surface area contributed by atoms with Gasteiger partial charge in [-0.1, -0.05) is 36.4 Å². The van der Waals surface area contributed by atoms with E-state index in [2.05, 4.69) is 15.4 Å². The Hall–Kier alpha value is -1.97. The fraction of sp³-hybridized carbons (Fsp3) is 0.100. The van der Waals surface area contributed by atoms with E-state index < -0.39 is 0 Å². The topological polar surface area (TPSA) is 43.6 Å². The van der Waals surface area contributed by atoms with Crippen LogP contribution in [0.25, 0.3) is 12.2 Å². The highest BCUT2D eigenvalue weighted by molar-refractivity contribution is 5.65. The Morgan fingerprint density at radius 1 is 1.14 bits per heavy atom. The Morgan fingerprint density at radius 3 is 2.57 bits per heavy atom. The molecule has 14 heavy (non-hydrogen) atoms. The fourth-order valence-corrected chi connectivity index (χ4v) is 1.10. The Morgan fingerprint density at radius 2 is 1.93 bits per heavy atom. The van der Waals surface area contributed by atoms with Gasteiger partial charge in [-0.05, 0) is 16.9 Å². The van der Waals surface area contributed by atoms with Gasteiger partial charge in [-0.15, -0.1) is 10.2 Å². The summed E-state index contributed by atoms with van der Waals surface area (Å²) in [6, 6.07) is 10.0. The first-order valence-corrected chi connectivity index (χ1v) is 4.32. The van der Waals surface area contributed by atoms with E-state index in [0.29, 0.717) is 5.82 Å². The summed E-state index contributed by atoms with van der Waals surface area (Å²) in [5.74, 6) is 0.622. The lowest BCUT2D eigenvalue weighted by atomic mass is 10.2. The highest BCUT2D eigenvalue weighted by Gasteiger charge is 1.92. The number of aryl methyl sites for hydroxylation is 1. The molecule has 1 aromatic heterocycles. The maximum atomic E-state index is 4.03. The number of rotatable bonds is 2. The van der Waals surface area contributed by atoms with Gasteiger partial charge in [0.1, 0.15) is 0 Å². The van der Waals surface area contributed by atoms with Crippen molar-refractivity contribution in [2.45, 2.75) is 0 Å². The molecule has 4 heteroatoms. The summed E-state index contributed by atoms with van der Waals surface area (Å²) in [5.41, 5.74) is 1.12. The van der Waals surface area contributed by atoms with Gasteiger partial charge < -0.3 is 0 Å². The predicted octanol–water partition coefficient (Wildman–Crippen LogP) is 1.38. The number of benzene rings is 1. The largest absolute Gasteiger partial charge is 0.197 e. The maximum Gasteiger partial charge on any atom is 0.197 e. The van der Waals surface area contributed by atoms with E-state index >= 15 is 0 Å². The van der Waals surface area contributed by atoms with Crippen LogP contribution in [0, 0.1) is 0 Å². The summed E-state index contributed by atoms with van der Waals surface area (Å²) in [4.78, 5) is 1.44. The summed E-state index contributed by atoms with van der Waals surface area (Å²) in [7, 11) is 1.74. The molecule has 0 radical (unpaired) electrons. The first-order chi connectivity index (χ1) is 6.84. The van der Waals surface area contributed by atoms with Gasteiger partial charge in [0.15, 0.2) is 5.82 Å². The van der Waals surface area contributed by atoms with Crippen LogP contribution in [0.15, 0.2) is 30.3 Å². The van der Waals surface area contributed by atoms with Gasteiger partial charge >= 0.3 is 0 Å². The van der Waals surface area contributed by atoms with Crippen LogP contribution in [0.4, 0.5) is 0 Å². The molecule has 0 aliphatic rings. The highest BCUT2D eigenvalue weighted by Crippen LogP contribution is 2.03. The molecule has 70 valence electrons. The molecule has 0 fully saturated rings. The third-order valence-electron chi connectivity index (χ3n) is 1.75. The smallest absolute Gasteiger partial charge is 0.167 e. The monoisotopic (exact) mass is 186 g/mol. The molecule has 0 unspecified atom stereocenters. The average molecular weight is 186 g/mol. The van der Waals surface area contributed by atoms with E-state index in [1.54, 1.807) is 7.05 Å². The molecular formula is C10H10N4. The van der Waals surface area contributed by atoms with Crippen LogP contribution >= 0.6 is 0 Å². The van der Waals surface area contributed by atoms with Gasteiger partial charge in [-0.3, -0.25) is 0 Å². The zero-order valence-corrected chi connectivity index (χ0v) is 7.83. The maximum absolute atomic E-state index is 4.03. The zero-order chi connectivity index (χ0) is 9.80. The zero-order valence-electron chi connectivity index (χ0n) is 7.83. The van der Waals surface area contributed by atoms with E-state index in [-0.39, 0.29) is 0 Å². The van der Waals surface area contributed by atoms with Gasteiger partial charge in [0, 0.05) is 0 Å². The lowest BCUT2D eigenvalue weighted by Gasteiger charge is -1.88. The van der Waals surface area contributed by atoms with Crippen LogP contribution < -0.4 is 0 Å². The molecule has 1 aromatic carbocycles. The molecular weight excluding hydrogens is 176 g/mol. The third-order valence-corrected chi connectivity index (χ3v) is 1.75. The Kier molecular flexibility index (Phi) is 2.36. The van der Waals surface area contributed by atoms with E-state index in [0.717, 1.165) is 5.56 Å². The third kappa shape index (κ3) is 2.04. The van der Waals surface area contributed by atoms with Crippen LogP contribution in [-0.4, -0.2) is 20.2 Å². The Labute approximate surface area is 81.9 Å². The van der Waals surface area contributed by atoms with Gasteiger partial charge in [0.25, 0.3) is 0 Å². The normalized spacial score (nSPS) is 10.9. The van der Waals surface area contributed by atoms with Crippen molar-refractivity contribution >= 4 is 12.2 Å². The summed E-state index contributed by atoms with van der Waals surface area (Å²) < 4.78 is 0. The molecule has 0 atom stereocenters. The standard InChI is InChI=1S/C10H10N4/c1-14-12-10(11-13-14)8-7-9-5-3-2-4-6-9/h2-8H,1H3/b8-7+. The fourth-order valence-electron chi connectivity index (χ4n) is 1.10. The van der Waals surface area contributed by atoms with E-state index in [4.69, 9.17) is 0 Å². The van der Waals surface area contributed by atoms with Crippen LogP contribution in [0.3, 0.4) is 0 Å². The SMILES string of the molecule is Cn1nnc(/C=C/c2ccccc2)n1. The minimum atomic E-state index is 0.622. The molecule has 0 aliphatic heterocycles. The van der Waals surface area contributed by atoms with Gasteiger partial charge in [0.2, 0.25) is 0 Å². The van der Waals surface area contributed by atoms with Crippen LogP contribution in [0.5, 0.6) is 0 Å². The lowest BCUT2D eigenvalue weighted by Crippen LogP contribution is -1.91. The Bertz CT molecular complexity index is 430. The Balaban J connectivity index is 2.15. The quantitative estimate of drug-likeness (QED) is 0.711. The first kappa shape index (κ1) is 8.62. The molecule has 0 amide bonds. The van der Waals surface area contributed by atoms with Crippen molar-refractivity contribution in [3.8, 4) is 0 Å². The minimum Gasteiger partial charge on any atom is -0.167 e. The van der Waals surface area contributed by atoms with Crippen molar-refractivity contribution in [2.75, 3.05) is 0 Å². The van der Waals surface area contributed by atoms with Crippen molar-refractivity contribution in [2.24, 2.45) is 7.05 Å². The predicted molar refractivity (Wildman–Crippen MR) is 54.2 cm³/mol. The molecule has 0 aliphatic carbocycles. The average Bonchev–Trinajstić information content (AvgIpc) is 2.63. The molecule has 0 N–H and O–H groups in total. The summed E-state index contributed by atoms with van der Waals surface area (Å²) >= 11 is 0. The summed E-state index contributed by atoms with van der Waals surface area (Å²) in [5, 5.41) is 11.6. The second-order valence-corrected chi connectivity index (χ2v) is 2.88. The molecule has 2 rings (SSSR count). The summed E-state index contributed by atoms with van der Waals surface area (Å²) in [6.45, 7) is 0. The van der Waals surface area contributed by atoms with Crippen molar-refractivity contribution in [3.05, 3.63) is 41.7 Å². The van der Waals surface area contributed by atoms with Crippen molar-refractivity contribution in [1.82, 2.24) is 20.2 Å². The number of nitrogens with zero attached hydrogens (tertiary/aromatic N) is 4. The molecule has 4 nitrogen and oxygen atoms in total. The van der Waals surface area contributed by atoms with Crippen molar-refractivity contribution < 1.29 is 0 Å². The van der Waals surface area contributed by atoms with Gasteiger partial charge in [-0.25, -0.2) is 0 Å². The molecule has 0 saturated carbocycles. The molecule has 0 saturated heterocycles. The highest BCUT2D eigenvalue weighted by atomic mass is 15.6. The molecule has 2 aromatic rings. The van der Waals surface area contributed by atoms with E-state index in [9.17, 15) is 0 Å². The first-order valence-electron chi connectivity index (χ1n) is 4.32. The molecule has 1 heterocycles. The number of tetrazole rings is 1. The molecule has 0 spiro atoms. The van der Waals surface area contributed by atoms with Crippen LogP contribution in [0.2, 0.25) is 0 Å². The van der Waals surface area contributed by atoms with Gasteiger partial charge in [0.05, 0.1) is 7.05 Å². The molecule has 0 bridgehead atoms. The summed E-state index contributed by atoms with van der Waals surface area (Å²) in [6.07, 6.45) is 3.79. The number of aromatic nitrogens is 4. The van der Waals surface area contributed by atoms with Crippen molar-refractivity contribution in [1.29, 1.82) is 0 Å². The van der Waals surface area contributed by atoms with E-state index in [1.165, 1.54) is 4.80 Å². The number of hydrogen-bond acceptors (Lipinski definition) is 3. The van der Waals surface area contributed by atoms with Gasteiger partial charge in [-0.2, -0.15) is 4.80 Å². The van der Waals surface area contributed by atoms with Crippen LogP contribution in [-0.2, 0) is 7.05 Å². The second kappa shape index (κ2) is 3.83.